The molecule has 0 bridgehead atoms. The van der Waals surface area contributed by atoms with Crippen LogP contribution in [0.4, 0.5) is 0 Å². The molecule has 3 nitrogen and oxygen atoms in total. The van der Waals surface area contributed by atoms with E-state index >= 15 is 0 Å². The number of methoxy groups -OCH3 is 1. The molecule has 15 heavy (non-hydrogen) atoms. The molecule has 90 valence electrons. The van der Waals surface area contributed by atoms with Gasteiger partial charge in [0.15, 0.2) is 0 Å². The fourth-order valence-electron chi connectivity index (χ4n) is 1.53. The highest BCUT2D eigenvalue weighted by molar-refractivity contribution is 5.75. The third-order valence-electron chi connectivity index (χ3n) is 2.52. The van der Waals surface area contributed by atoms with Crippen molar-refractivity contribution in [3.05, 3.63) is 0 Å². The zero-order valence-corrected chi connectivity index (χ0v) is 10.5. The van der Waals surface area contributed by atoms with E-state index in [4.69, 9.17) is 4.74 Å². The van der Waals surface area contributed by atoms with Crippen LogP contribution in [0.15, 0.2) is 0 Å². The molecule has 0 saturated carbocycles. The van der Waals surface area contributed by atoms with Crippen molar-refractivity contribution in [1.82, 2.24) is 5.32 Å². The molecule has 0 rings (SSSR count). The quantitative estimate of drug-likeness (QED) is 0.499. The average molecular weight is 215 g/mol. The van der Waals surface area contributed by atoms with Crippen molar-refractivity contribution < 1.29 is 9.53 Å². The van der Waals surface area contributed by atoms with Crippen LogP contribution in [0.2, 0.25) is 0 Å². The van der Waals surface area contributed by atoms with E-state index in [-0.39, 0.29) is 17.9 Å². The van der Waals surface area contributed by atoms with E-state index in [1.807, 2.05) is 13.8 Å². The average Bonchev–Trinajstić information content (AvgIpc) is 2.22. The molecule has 0 fully saturated rings. The minimum atomic E-state index is -0.156. The smallest absolute Gasteiger partial charge is 0.323 e. The Bertz CT molecular complexity index is 169. The lowest BCUT2D eigenvalue weighted by atomic mass is 10.0. The number of unbranched alkanes of at least 4 members (excludes halogenated alkanes) is 3. The molecule has 1 atom stereocenters. The fourth-order valence-corrected chi connectivity index (χ4v) is 1.53. The van der Waals surface area contributed by atoms with Crippen molar-refractivity contribution in [1.29, 1.82) is 0 Å². The number of carbonyl (C=O) groups is 1. The number of nitrogens with one attached hydrogen (secondary N) is 1. The van der Waals surface area contributed by atoms with Gasteiger partial charge in [0.25, 0.3) is 0 Å². The van der Waals surface area contributed by atoms with Crippen LogP contribution in [0.25, 0.3) is 0 Å². The maximum atomic E-state index is 11.4. The molecule has 3 heteroatoms. The largest absolute Gasteiger partial charge is 0.468 e. The lowest BCUT2D eigenvalue weighted by Gasteiger charge is -2.19. The fraction of sp³-hybridized carbons (Fsp3) is 0.917. The van der Waals surface area contributed by atoms with Gasteiger partial charge in [-0.3, -0.25) is 4.79 Å². The second kappa shape index (κ2) is 8.72. The van der Waals surface area contributed by atoms with Gasteiger partial charge in [0.2, 0.25) is 0 Å². The first-order valence-corrected chi connectivity index (χ1v) is 5.94. The molecule has 0 saturated heterocycles. The summed E-state index contributed by atoms with van der Waals surface area (Å²) in [5, 5.41) is 3.25. The molecule has 0 aliphatic rings. The minimum Gasteiger partial charge on any atom is -0.468 e. The Morgan fingerprint density at radius 2 is 1.93 bits per heavy atom. The number of hydrogen-bond acceptors (Lipinski definition) is 3. The molecule has 0 spiro atoms. The lowest BCUT2D eigenvalue weighted by Crippen LogP contribution is -2.42. The van der Waals surface area contributed by atoms with Gasteiger partial charge in [-0.25, -0.2) is 0 Å². The van der Waals surface area contributed by atoms with Gasteiger partial charge in [0, 0.05) is 0 Å². The van der Waals surface area contributed by atoms with Gasteiger partial charge in [0.05, 0.1) is 7.11 Å². The third kappa shape index (κ3) is 6.50. The zero-order valence-electron chi connectivity index (χ0n) is 10.5. The van der Waals surface area contributed by atoms with Gasteiger partial charge in [-0.1, -0.05) is 40.0 Å². The standard InChI is InChI=1S/C12H25NO2/c1-5-6-7-8-9-13-11(10(2)3)12(14)15-4/h10-11,13H,5-9H2,1-4H3/t11-/m0/s1. The molecule has 0 heterocycles. The summed E-state index contributed by atoms with van der Waals surface area (Å²) in [6.07, 6.45) is 4.88. The van der Waals surface area contributed by atoms with Gasteiger partial charge < -0.3 is 10.1 Å². The Hall–Kier alpha value is -0.570. The topological polar surface area (TPSA) is 38.3 Å². The summed E-state index contributed by atoms with van der Waals surface area (Å²) in [5.41, 5.74) is 0. The van der Waals surface area contributed by atoms with Crippen LogP contribution in [-0.2, 0) is 9.53 Å². The van der Waals surface area contributed by atoms with Gasteiger partial charge in [-0.05, 0) is 18.9 Å². The van der Waals surface area contributed by atoms with E-state index in [0.717, 1.165) is 13.0 Å². The van der Waals surface area contributed by atoms with Crippen LogP contribution in [0.5, 0.6) is 0 Å². The SMILES string of the molecule is CCCCCCN[C@H](C(=O)OC)C(C)C. The molecule has 0 aliphatic heterocycles. The van der Waals surface area contributed by atoms with E-state index in [9.17, 15) is 4.79 Å². The van der Waals surface area contributed by atoms with Crippen molar-refractivity contribution in [3.63, 3.8) is 0 Å². The summed E-state index contributed by atoms with van der Waals surface area (Å²) in [5.74, 6) is 0.129. The normalized spacial score (nSPS) is 12.9. The Kier molecular flexibility index (Phi) is 8.38. The molecule has 0 amide bonds. The number of esters is 1. The van der Waals surface area contributed by atoms with E-state index in [1.54, 1.807) is 0 Å². The zero-order chi connectivity index (χ0) is 11.7. The Morgan fingerprint density at radius 1 is 1.27 bits per heavy atom. The third-order valence-corrected chi connectivity index (χ3v) is 2.52. The van der Waals surface area contributed by atoms with Crippen LogP contribution in [-0.4, -0.2) is 25.7 Å². The van der Waals surface area contributed by atoms with E-state index < -0.39 is 0 Å². The predicted molar refractivity (Wildman–Crippen MR) is 62.8 cm³/mol. The van der Waals surface area contributed by atoms with Crippen molar-refractivity contribution in [3.8, 4) is 0 Å². The second-order valence-corrected chi connectivity index (χ2v) is 4.26. The Balaban J connectivity index is 3.72. The van der Waals surface area contributed by atoms with Crippen LogP contribution >= 0.6 is 0 Å². The second-order valence-electron chi connectivity index (χ2n) is 4.26. The highest BCUT2D eigenvalue weighted by Crippen LogP contribution is 2.04. The summed E-state index contributed by atoms with van der Waals surface area (Å²) < 4.78 is 4.75. The van der Waals surface area contributed by atoms with Gasteiger partial charge in [-0.2, -0.15) is 0 Å². The van der Waals surface area contributed by atoms with Gasteiger partial charge in [-0.15, -0.1) is 0 Å². The van der Waals surface area contributed by atoms with Crippen molar-refractivity contribution in [2.45, 2.75) is 52.5 Å². The van der Waals surface area contributed by atoms with E-state index in [1.165, 1.54) is 26.4 Å². The summed E-state index contributed by atoms with van der Waals surface area (Å²) >= 11 is 0. The van der Waals surface area contributed by atoms with Gasteiger partial charge in [0.1, 0.15) is 6.04 Å². The summed E-state index contributed by atoms with van der Waals surface area (Å²) in [6.45, 7) is 7.15. The first-order chi connectivity index (χ1) is 7.13. The van der Waals surface area contributed by atoms with E-state index in [2.05, 4.69) is 12.2 Å². The molecule has 0 aliphatic carbocycles. The summed E-state index contributed by atoms with van der Waals surface area (Å²) in [4.78, 5) is 11.4. The molecule has 1 N–H and O–H groups in total. The van der Waals surface area contributed by atoms with Crippen molar-refractivity contribution in [2.24, 2.45) is 5.92 Å². The summed E-state index contributed by atoms with van der Waals surface area (Å²) in [6, 6.07) is -0.156. The highest BCUT2D eigenvalue weighted by atomic mass is 16.5. The minimum absolute atomic E-state index is 0.152. The molecule has 0 radical (unpaired) electrons. The Labute approximate surface area is 93.6 Å². The van der Waals surface area contributed by atoms with Crippen molar-refractivity contribution in [2.75, 3.05) is 13.7 Å². The lowest BCUT2D eigenvalue weighted by molar-refractivity contribution is -0.144. The predicted octanol–water partition coefficient (Wildman–Crippen LogP) is 2.35. The van der Waals surface area contributed by atoms with Crippen LogP contribution in [0.1, 0.15) is 46.5 Å². The van der Waals surface area contributed by atoms with Gasteiger partial charge >= 0.3 is 5.97 Å². The number of carbonyl (C=O) groups excluding carboxylic acids is 1. The molecular weight excluding hydrogens is 190 g/mol. The first kappa shape index (κ1) is 14.4. The van der Waals surface area contributed by atoms with Crippen molar-refractivity contribution >= 4 is 5.97 Å². The summed E-state index contributed by atoms with van der Waals surface area (Å²) in [7, 11) is 1.44. The number of hydrogen-bond donors (Lipinski definition) is 1. The van der Waals surface area contributed by atoms with E-state index in [0.29, 0.717) is 0 Å². The molecule has 0 aromatic rings. The molecule has 0 aromatic heterocycles. The Morgan fingerprint density at radius 3 is 2.40 bits per heavy atom. The number of ether oxygens (including phenoxy) is 1. The maximum absolute atomic E-state index is 11.4. The molecule has 0 aromatic carbocycles. The maximum Gasteiger partial charge on any atom is 0.323 e. The number of rotatable bonds is 8. The monoisotopic (exact) mass is 215 g/mol. The van der Waals surface area contributed by atoms with Crippen LogP contribution < -0.4 is 5.32 Å². The van der Waals surface area contributed by atoms with Crippen LogP contribution in [0, 0.1) is 5.92 Å². The highest BCUT2D eigenvalue weighted by Gasteiger charge is 2.21. The molecule has 0 unspecified atom stereocenters. The van der Waals surface area contributed by atoms with Crippen LogP contribution in [0.3, 0.4) is 0 Å². The molecular formula is C12H25NO2. The first-order valence-electron chi connectivity index (χ1n) is 5.94.